The first-order chi connectivity index (χ1) is 19.9. The molecule has 2 saturated carbocycles. The Balaban J connectivity index is 1.23. The van der Waals surface area contributed by atoms with E-state index in [9.17, 15) is 18.8 Å². The number of thiazole rings is 1. The maximum Gasteiger partial charge on any atom is 0.308 e. The summed E-state index contributed by atoms with van der Waals surface area (Å²) in [7, 11) is 0. The molecule has 1 saturated heterocycles. The molecule has 4 aliphatic rings. The van der Waals surface area contributed by atoms with E-state index in [0.29, 0.717) is 17.3 Å². The zero-order valence-corrected chi connectivity index (χ0v) is 24.0. The number of carbonyl (C=O) groups is 2. The summed E-state index contributed by atoms with van der Waals surface area (Å²) in [5, 5.41) is 1.56. The number of benzene rings is 3. The lowest BCUT2D eigenvalue weighted by Gasteiger charge is -2.43. The van der Waals surface area contributed by atoms with Gasteiger partial charge in [-0.3, -0.25) is 23.9 Å². The minimum atomic E-state index is -0.391. The molecule has 9 heteroatoms. The van der Waals surface area contributed by atoms with Crippen LogP contribution >= 0.6 is 34.7 Å². The van der Waals surface area contributed by atoms with Gasteiger partial charge in [0.05, 0.1) is 29.1 Å². The van der Waals surface area contributed by atoms with E-state index in [-0.39, 0.29) is 57.3 Å². The summed E-state index contributed by atoms with van der Waals surface area (Å²) in [6.07, 6.45) is 0.805. The lowest BCUT2D eigenvalue weighted by Crippen LogP contribution is -2.43. The predicted molar refractivity (Wildman–Crippen MR) is 158 cm³/mol. The molecule has 206 valence electrons. The monoisotopic (exact) mass is 602 g/mol. The van der Waals surface area contributed by atoms with Gasteiger partial charge in [-0.15, -0.1) is 11.8 Å². The van der Waals surface area contributed by atoms with Gasteiger partial charge in [0.2, 0.25) is 11.8 Å². The summed E-state index contributed by atoms with van der Waals surface area (Å²) < 4.78 is 15.9. The molecule has 2 aliphatic carbocycles. The van der Waals surface area contributed by atoms with Crippen molar-refractivity contribution >= 4 is 52.2 Å². The summed E-state index contributed by atoms with van der Waals surface area (Å²) in [5.74, 6) is -1.41. The minimum Gasteiger partial charge on any atom is -0.289 e. The first-order valence-electron chi connectivity index (χ1n) is 13.7. The van der Waals surface area contributed by atoms with E-state index < -0.39 is 5.92 Å². The minimum absolute atomic E-state index is 0.000714. The highest BCUT2D eigenvalue weighted by molar-refractivity contribution is 8.00. The van der Waals surface area contributed by atoms with Crippen LogP contribution in [0.2, 0.25) is 5.02 Å². The van der Waals surface area contributed by atoms with E-state index in [4.69, 9.17) is 11.6 Å². The topological polar surface area (TPSA) is 59.4 Å². The van der Waals surface area contributed by atoms with E-state index in [1.165, 1.54) is 28.4 Å². The Hall–Kier alpha value is -3.20. The van der Waals surface area contributed by atoms with Crippen molar-refractivity contribution in [2.24, 2.45) is 29.6 Å². The standard InChI is InChI=1S/C32H24ClFN2O3S2/c33-18-8-12-20(13-9-18)36-29(37)25-21-14-22(26(25)30(36)38)27-24(21)23(17-6-10-19(34)11-7-17)28-31(40-27)35(32(39)41-28)15-16-4-2-1-3-5-16/h1-13,21-27H,14-15H2/t21-,22+,23-,24+,25+,26+,27-/m0/s1. The van der Waals surface area contributed by atoms with Gasteiger partial charge in [-0.25, -0.2) is 4.39 Å². The van der Waals surface area contributed by atoms with E-state index >= 15 is 0 Å². The Morgan fingerprint density at radius 1 is 0.854 bits per heavy atom. The van der Waals surface area contributed by atoms with Gasteiger partial charge in [0, 0.05) is 21.1 Å². The lowest BCUT2D eigenvalue weighted by atomic mass is 9.68. The number of amides is 2. The van der Waals surface area contributed by atoms with Crippen LogP contribution in [0.1, 0.15) is 28.3 Å². The van der Waals surface area contributed by atoms with E-state index in [0.717, 1.165) is 27.5 Å². The Bertz CT molecular complexity index is 1750. The van der Waals surface area contributed by atoms with Crippen LogP contribution in [-0.4, -0.2) is 21.6 Å². The summed E-state index contributed by atoms with van der Waals surface area (Å²) in [4.78, 5) is 43.5. The molecular weight excluding hydrogens is 579 g/mol. The summed E-state index contributed by atoms with van der Waals surface area (Å²) in [5.41, 5.74) is 2.55. The molecule has 7 atom stereocenters. The van der Waals surface area contributed by atoms with Crippen LogP contribution in [0.15, 0.2) is 88.7 Å². The average Bonchev–Trinajstić information content (AvgIpc) is 3.69. The third-order valence-corrected chi connectivity index (χ3v) is 12.5. The van der Waals surface area contributed by atoms with Gasteiger partial charge in [-0.05, 0) is 71.7 Å². The van der Waals surface area contributed by atoms with Crippen molar-refractivity contribution in [2.45, 2.75) is 29.2 Å². The van der Waals surface area contributed by atoms with Crippen molar-refractivity contribution in [1.29, 1.82) is 0 Å². The highest BCUT2D eigenvalue weighted by Crippen LogP contribution is 2.69. The molecule has 2 amide bonds. The molecular formula is C32H24ClFN2O3S2. The molecule has 0 spiro atoms. The highest BCUT2D eigenvalue weighted by Gasteiger charge is 2.69. The van der Waals surface area contributed by atoms with Gasteiger partial charge < -0.3 is 0 Å². The molecule has 8 rings (SSSR count). The third kappa shape index (κ3) is 3.76. The summed E-state index contributed by atoms with van der Waals surface area (Å²) >= 11 is 9.05. The smallest absolute Gasteiger partial charge is 0.289 e. The fourth-order valence-corrected chi connectivity index (χ4v) is 11.2. The van der Waals surface area contributed by atoms with Crippen molar-refractivity contribution in [3.63, 3.8) is 0 Å². The van der Waals surface area contributed by atoms with Crippen molar-refractivity contribution in [3.05, 3.63) is 115 Å². The number of nitrogens with zero attached hydrogens (tertiary/aromatic N) is 2. The van der Waals surface area contributed by atoms with Crippen LogP contribution in [0.4, 0.5) is 10.1 Å². The van der Waals surface area contributed by atoms with Crippen LogP contribution in [0.25, 0.3) is 0 Å². The normalized spacial score (nSPS) is 29.5. The zero-order chi connectivity index (χ0) is 28.0. The predicted octanol–water partition coefficient (Wildman–Crippen LogP) is 6.43. The number of aromatic nitrogens is 1. The molecule has 5 nitrogen and oxygen atoms in total. The maximum absolute atomic E-state index is 14.0. The van der Waals surface area contributed by atoms with Crippen LogP contribution in [0.3, 0.4) is 0 Å². The van der Waals surface area contributed by atoms with Crippen LogP contribution < -0.4 is 9.77 Å². The van der Waals surface area contributed by atoms with E-state index in [1.807, 2.05) is 47.0 Å². The van der Waals surface area contributed by atoms with Gasteiger partial charge in [-0.2, -0.15) is 0 Å². The Kier molecular flexibility index (Phi) is 5.85. The first-order valence-corrected chi connectivity index (χ1v) is 15.8. The number of rotatable bonds is 4. The van der Waals surface area contributed by atoms with Gasteiger partial charge in [0.15, 0.2) is 0 Å². The quantitative estimate of drug-likeness (QED) is 0.253. The summed E-state index contributed by atoms with van der Waals surface area (Å²) in [6, 6.07) is 23.3. The largest absolute Gasteiger partial charge is 0.308 e. The second-order valence-electron chi connectivity index (χ2n) is 11.4. The molecule has 1 aromatic heterocycles. The number of thioether (sulfide) groups is 1. The van der Waals surface area contributed by atoms with Gasteiger partial charge in [0.1, 0.15) is 5.82 Å². The van der Waals surface area contributed by atoms with E-state index in [2.05, 4.69) is 0 Å². The average molecular weight is 603 g/mol. The third-order valence-electron chi connectivity index (χ3n) is 9.45. The second kappa shape index (κ2) is 9.41. The number of fused-ring (bicyclic) bond motifs is 9. The number of hydrogen-bond donors (Lipinski definition) is 0. The van der Waals surface area contributed by atoms with Crippen molar-refractivity contribution in [2.75, 3.05) is 4.90 Å². The zero-order valence-electron chi connectivity index (χ0n) is 21.7. The van der Waals surface area contributed by atoms with Gasteiger partial charge in [-0.1, -0.05) is 65.4 Å². The number of halogens is 2. The molecule has 2 bridgehead atoms. The molecule has 0 radical (unpaired) electrons. The fraction of sp³-hybridized carbons (Fsp3) is 0.281. The Morgan fingerprint density at radius 2 is 1.54 bits per heavy atom. The van der Waals surface area contributed by atoms with Crippen LogP contribution in [-0.2, 0) is 16.1 Å². The number of hydrogen-bond acceptors (Lipinski definition) is 5. The van der Waals surface area contributed by atoms with Crippen molar-refractivity contribution in [1.82, 2.24) is 4.57 Å². The summed E-state index contributed by atoms with van der Waals surface area (Å²) in [6.45, 7) is 0.466. The SMILES string of the molecule is O=C1[C@@H]2[C@H]3C[C@@H]([C@@H]4Sc5c(sc(=O)n5Cc5ccccc5)[C@@H](c5ccc(F)cc5)[C@@H]34)[C@H]2C(=O)N1c1ccc(Cl)cc1. The Morgan fingerprint density at radius 3 is 2.24 bits per heavy atom. The molecule has 3 heterocycles. The molecule has 3 fully saturated rings. The lowest BCUT2D eigenvalue weighted by molar-refractivity contribution is -0.123. The van der Waals surface area contributed by atoms with Gasteiger partial charge in [0.25, 0.3) is 0 Å². The van der Waals surface area contributed by atoms with E-state index in [1.54, 1.807) is 36.0 Å². The molecule has 0 N–H and O–H groups in total. The van der Waals surface area contributed by atoms with Gasteiger partial charge >= 0.3 is 4.87 Å². The number of imide groups is 1. The number of carbonyl (C=O) groups excluding carboxylic acids is 2. The van der Waals surface area contributed by atoms with Crippen molar-refractivity contribution < 1.29 is 14.0 Å². The second-order valence-corrected chi connectivity index (χ2v) is 14.0. The fourth-order valence-electron chi connectivity index (χ4n) is 7.91. The number of anilines is 1. The molecule has 2 aliphatic heterocycles. The van der Waals surface area contributed by atoms with Crippen LogP contribution in [0.5, 0.6) is 0 Å². The molecule has 41 heavy (non-hydrogen) atoms. The van der Waals surface area contributed by atoms with Crippen molar-refractivity contribution in [3.8, 4) is 0 Å². The maximum atomic E-state index is 14.0. The molecule has 3 aromatic carbocycles. The Labute approximate surface area is 249 Å². The van der Waals surface area contributed by atoms with Crippen LogP contribution in [0, 0.1) is 35.4 Å². The molecule has 4 aromatic rings. The first kappa shape index (κ1) is 25.5. The highest BCUT2D eigenvalue weighted by atomic mass is 35.5. The molecule has 0 unspecified atom stereocenters.